The Kier molecular flexibility index (Phi) is 3.49. The van der Waals surface area contributed by atoms with Gasteiger partial charge in [-0.2, -0.15) is 0 Å². The Morgan fingerprint density at radius 1 is 1.59 bits per heavy atom. The topological polar surface area (TPSA) is 58.4 Å². The molecule has 1 aliphatic rings. The number of halogens is 1. The third kappa shape index (κ3) is 2.50. The molecule has 1 aromatic carbocycles. The first kappa shape index (κ1) is 12.1. The van der Waals surface area contributed by atoms with Gasteiger partial charge >= 0.3 is 0 Å². The second-order valence-corrected chi connectivity index (χ2v) is 4.58. The summed E-state index contributed by atoms with van der Waals surface area (Å²) in [6.07, 6.45) is 0.996. The largest absolute Gasteiger partial charge is 0.365 e. The molecule has 0 saturated carbocycles. The normalized spacial score (nSPS) is 19.3. The Balaban J connectivity index is 2.33. The highest BCUT2D eigenvalue weighted by Crippen LogP contribution is 2.32. The van der Waals surface area contributed by atoms with Crippen molar-refractivity contribution in [3.63, 3.8) is 0 Å². The minimum absolute atomic E-state index is 0.0619. The van der Waals surface area contributed by atoms with Crippen LogP contribution in [0.2, 0.25) is 5.02 Å². The van der Waals surface area contributed by atoms with E-state index in [1.165, 1.54) is 6.07 Å². The smallest absolute Gasteiger partial charge is 0.294 e. The Labute approximate surface area is 105 Å². The molecule has 92 valence electrons. The zero-order chi connectivity index (χ0) is 12.4. The molecule has 0 amide bonds. The molecule has 6 heteroatoms. The molecule has 0 spiro atoms. The maximum Gasteiger partial charge on any atom is 0.294 e. The number of nitrogens with one attached hydrogen (secondary N) is 1. The number of rotatable bonds is 3. The van der Waals surface area contributed by atoms with Crippen LogP contribution in [-0.4, -0.2) is 31.1 Å². The highest BCUT2D eigenvalue weighted by atomic mass is 35.5. The summed E-state index contributed by atoms with van der Waals surface area (Å²) in [5.41, 5.74) is 0.681. The minimum atomic E-state index is -0.389. The Morgan fingerprint density at radius 2 is 2.35 bits per heavy atom. The number of nitrogens with zero attached hydrogens (tertiary/aromatic N) is 2. The molecule has 5 nitrogen and oxygen atoms in total. The number of benzene rings is 1. The molecule has 1 unspecified atom stereocenters. The molecule has 0 aliphatic carbocycles. The lowest BCUT2D eigenvalue weighted by molar-refractivity contribution is -0.384. The summed E-state index contributed by atoms with van der Waals surface area (Å²) in [5.74, 6) is 0. The van der Waals surface area contributed by atoms with Crippen molar-refractivity contribution < 1.29 is 4.92 Å². The van der Waals surface area contributed by atoms with Crippen molar-refractivity contribution in [1.82, 2.24) is 5.32 Å². The lowest BCUT2D eigenvalue weighted by Gasteiger charge is -2.25. The summed E-state index contributed by atoms with van der Waals surface area (Å²) in [4.78, 5) is 12.6. The molecule has 1 aromatic rings. The predicted octanol–water partition coefficient (Wildman–Crippen LogP) is 2.05. The number of anilines is 1. The van der Waals surface area contributed by atoms with Crippen molar-refractivity contribution in [2.75, 3.05) is 25.0 Å². The van der Waals surface area contributed by atoms with Gasteiger partial charge in [0.15, 0.2) is 0 Å². The lowest BCUT2D eigenvalue weighted by Crippen LogP contribution is -2.33. The van der Waals surface area contributed by atoms with E-state index in [-0.39, 0.29) is 10.6 Å². The summed E-state index contributed by atoms with van der Waals surface area (Å²) in [7, 11) is 1.88. The summed E-state index contributed by atoms with van der Waals surface area (Å²) in [5, 5.41) is 14.6. The predicted molar refractivity (Wildman–Crippen MR) is 67.8 cm³/mol. The second-order valence-electron chi connectivity index (χ2n) is 4.15. The van der Waals surface area contributed by atoms with Gasteiger partial charge in [0.2, 0.25) is 0 Å². The van der Waals surface area contributed by atoms with Crippen molar-refractivity contribution in [1.29, 1.82) is 0 Å². The quantitative estimate of drug-likeness (QED) is 0.663. The zero-order valence-corrected chi connectivity index (χ0v) is 10.3. The van der Waals surface area contributed by atoms with Crippen molar-refractivity contribution in [3.8, 4) is 0 Å². The van der Waals surface area contributed by atoms with Crippen LogP contribution in [0.1, 0.15) is 6.42 Å². The van der Waals surface area contributed by atoms with Crippen LogP contribution >= 0.6 is 11.6 Å². The first-order valence-corrected chi connectivity index (χ1v) is 5.85. The van der Waals surface area contributed by atoms with Gasteiger partial charge in [0.05, 0.1) is 4.92 Å². The standard InChI is InChI=1S/C11H14ClN3O2/c1-14(9-4-5-13-7-9)10-3-2-8(12)6-11(10)15(16)17/h2-3,6,9,13H,4-5,7H2,1H3. The maximum atomic E-state index is 11.0. The average Bonchev–Trinajstić information content (AvgIpc) is 2.81. The Hall–Kier alpha value is -1.33. The van der Waals surface area contributed by atoms with E-state index in [9.17, 15) is 10.1 Å². The van der Waals surface area contributed by atoms with Crippen molar-refractivity contribution in [2.45, 2.75) is 12.5 Å². The molecule has 1 heterocycles. The molecule has 17 heavy (non-hydrogen) atoms. The van der Waals surface area contributed by atoms with Gasteiger partial charge in [0, 0.05) is 30.7 Å². The zero-order valence-electron chi connectivity index (χ0n) is 9.52. The van der Waals surface area contributed by atoms with Crippen molar-refractivity contribution in [3.05, 3.63) is 33.3 Å². The third-order valence-corrected chi connectivity index (χ3v) is 3.33. The summed E-state index contributed by atoms with van der Waals surface area (Å²) in [6, 6.07) is 5.09. The van der Waals surface area contributed by atoms with Crippen molar-refractivity contribution >= 4 is 23.0 Å². The van der Waals surface area contributed by atoms with Crippen LogP contribution in [0.15, 0.2) is 18.2 Å². The molecular weight excluding hydrogens is 242 g/mol. The van der Waals surface area contributed by atoms with E-state index in [1.807, 2.05) is 11.9 Å². The van der Waals surface area contributed by atoms with Crippen molar-refractivity contribution in [2.24, 2.45) is 0 Å². The highest BCUT2D eigenvalue weighted by Gasteiger charge is 2.25. The van der Waals surface area contributed by atoms with Gasteiger partial charge in [-0.1, -0.05) is 11.6 Å². The van der Waals surface area contributed by atoms with E-state index in [4.69, 9.17) is 11.6 Å². The summed E-state index contributed by atoms with van der Waals surface area (Å²) < 4.78 is 0. The Bertz CT molecular complexity index is 433. The van der Waals surface area contributed by atoms with Gasteiger partial charge < -0.3 is 10.2 Å². The molecule has 0 radical (unpaired) electrons. The van der Waals surface area contributed by atoms with Crippen LogP contribution in [0.4, 0.5) is 11.4 Å². The maximum absolute atomic E-state index is 11.0. The first-order chi connectivity index (χ1) is 8.09. The van der Waals surface area contributed by atoms with E-state index >= 15 is 0 Å². The average molecular weight is 256 g/mol. The summed E-state index contributed by atoms with van der Waals surface area (Å²) in [6.45, 7) is 1.81. The molecule has 1 N–H and O–H groups in total. The van der Waals surface area contributed by atoms with Gasteiger partial charge in [0.25, 0.3) is 5.69 Å². The fourth-order valence-electron chi connectivity index (χ4n) is 2.11. The monoisotopic (exact) mass is 255 g/mol. The second kappa shape index (κ2) is 4.89. The van der Waals surface area contributed by atoms with Gasteiger partial charge in [-0.05, 0) is 25.1 Å². The number of nitro groups is 1. The van der Waals surface area contributed by atoms with E-state index in [1.54, 1.807) is 12.1 Å². The van der Waals surface area contributed by atoms with E-state index < -0.39 is 0 Å². The van der Waals surface area contributed by atoms with Crippen LogP contribution in [0.3, 0.4) is 0 Å². The Morgan fingerprint density at radius 3 is 2.94 bits per heavy atom. The van der Waals surface area contributed by atoms with Crippen LogP contribution in [0.25, 0.3) is 0 Å². The van der Waals surface area contributed by atoms with E-state index in [2.05, 4.69) is 5.32 Å². The van der Waals surface area contributed by atoms with Crippen LogP contribution in [0.5, 0.6) is 0 Å². The van der Waals surface area contributed by atoms with Gasteiger partial charge in [0.1, 0.15) is 5.69 Å². The molecule has 1 aliphatic heterocycles. The number of nitro benzene ring substituents is 1. The third-order valence-electron chi connectivity index (χ3n) is 3.10. The molecule has 1 fully saturated rings. The van der Waals surface area contributed by atoms with Crippen LogP contribution < -0.4 is 10.2 Å². The van der Waals surface area contributed by atoms with Gasteiger partial charge in [-0.15, -0.1) is 0 Å². The molecule has 2 rings (SSSR count). The van der Waals surface area contributed by atoms with Gasteiger partial charge in [-0.3, -0.25) is 10.1 Å². The van der Waals surface area contributed by atoms with Crippen LogP contribution in [0, 0.1) is 10.1 Å². The fourth-order valence-corrected chi connectivity index (χ4v) is 2.27. The summed E-state index contributed by atoms with van der Waals surface area (Å²) >= 11 is 5.79. The highest BCUT2D eigenvalue weighted by molar-refractivity contribution is 6.30. The lowest BCUT2D eigenvalue weighted by atomic mass is 10.2. The SMILES string of the molecule is CN(c1ccc(Cl)cc1[N+](=O)[O-])C1CCNC1. The van der Waals surface area contributed by atoms with Crippen LogP contribution in [-0.2, 0) is 0 Å². The number of hydrogen-bond donors (Lipinski definition) is 1. The first-order valence-electron chi connectivity index (χ1n) is 5.47. The van der Waals surface area contributed by atoms with E-state index in [0.29, 0.717) is 16.8 Å². The number of likely N-dealkylation sites (N-methyl/N-ethyl adjacent to an activating group) is 1. The minimum Gasteiger partial charge on any atom is -0.365 e. The van der Waals surface area contributed by atoms with E-state index in [0.717, 1.165) is 19.5 Å². The number of hydrogen-bond acceptors (Lipinski definition) is 4. The molecule has 0 bridgehead atoms. The molecule has 0 aromatic heterocycles. The molecular formula is C11H14ClN3O2. The molecule has 1 saturated heterocycles. The van der Waals surface area contributed by atoms with Gasteiger partial charge in [-0.25, -0.2) is 0 Å². The fraction of sp³-hybridized carbons (Fsp3) is 0.455. The molecule has 1 atom stereocenters.